The molecule has 1 amide bonds. The standard InChI is InChI=1S/C20H20N4O2/c25-18-13-23(17-5-7-21-8-6-17)9-10-24(14-18)20(26)19-11-15-3-1-2-4-16(15)12-22-19/h1-8,11-12,18,25H,9-10,13-14H2/t18-/m0/s1. The summed E-state index contributed by atoms with van der Waals surface area (Å²) in [6.45, 7) is 1.97. The largest absolute Gasteiger partial charge is 0.389 e. The molecule has 1 aromatic carbocycles. The van der Waals surface area contributed by atoms with Gasteiger partial charge in [-0.25, -0.2) is 0 Å². The molecule has 3 aromatic rings. The van der Waals surface area contributed by atoms with E-state index in [-0.39, 0.29) is 5.91 Å². The van der Waals surface area contributed by atoms with Gasteiger partial charge in [0.15, 0.2) is 0 Å². The van der Waals surface area contributed by atoms with Gasteiger partial charge in [0, 0.05) is 55.8 Å². The van der Waals surface area contributed by atoms with Gasteiger partial charge in [0.05, 0.1) is 6.10 Å². The minimum absolute atomic E-state index is 0.147. The molecule has 1 fully saturated rings. The molecule has 1 aliphatic heterocycles. The first-order valence-electron chi connectivity index (χ1n) is 8.68. The van der Waals surface area contributed by atoms with Gasteiger partial charge in [-0.05, 0) is 23.6 Å². The molecule has 0 spiro atoms. The SMILES string of the molecule is O=C(c1cc2ccccc2cn1)N1CCN(c2ccncc2)C[C@H](O)C1. The Hall–Kier alpha value is -2.99. The first kappa shape index (κ1) is 16.5. The van der Waals surface area contributed by atoms with Gasteiger partial charge in [-0.15, -0.1) is 0 Å². The zero-order valence-electron chi connectivity index (χ0n) is 14.3. The molecule has 26 heavy (non-hydrogen) atoms. The van der Waals surface area contributed by atoms with Crippen molar-refractivity contribution in [3.63, 3.8) is 0 Å². The number of aliphatic hydroxyl groups is 1. The number of pyridine rings is 2. The molecule has 0 aliphatic carbocycles. The average Bonchev–Trinajstić information content (AvgIpc) is 2.89. The normalized spacial score (nSPS) is 18.0. The minimum Gasteiger partial charge on any atom is -0.389 e. The molecule has 3 heterocycles. The highest BCUT2D eigenvalue weighted by Gasteiger charge is 2.26. The number of amides is 1. The van der Waals surface area contributed by atoms with Crippen LogP contribution in [0.3, 0.4) is 0 Å². The summed E-state index contributed by atoms with van der Waals surface area (Å²) in [4.78, 5) is 25.0. The lowest BCUT2D eigenvalue weighted by molar-refractivity contribution is 0.0668. The van der Waals surface area contributed by atoms with Gasteiger partial charge in [0.2, 0.25) is 0 Å². The highest BCUT2D eigenvalue weighted by molar-refractivity contribution is 5.96. The lowest BCUT2D eigenvalue weighted by Gasteiger charge is -2.23. The van der Waals surface area contributed by atoms with Gasteiger partial charge in [-0.1, -0.05) is 24.3 Å². The van der Waals surface area contributed by atoms with Crippen molar-refractivity contribution in [1.82, 2.24) is 14.9 Å². The first-order chi connectivity index (χ1) is 12.7. The molecule has 6 heteroatoms. The number of aliphatic hydroxyl groups excluding tert-OH is 1. The molecule has 1 aliphatic rings. The summed E-state index contributed by atoms with van der Waals surface area (Å²) in [5.41, 5.74) is 1.41. The van der Waals surface area contributed by atoms with E-state index in [9.17, 15) is 9.90 Å². The summed E-state index contributed by atoms with van der Waals surface area (Å²) >= 11 is 0. The van der Waals surface area contributed by atoms with E-state index in [0.29, 0.717) is 31.9 Å². The van der Waals surface area contributed by atoms with Crippen molar-refractivity contribution in [2.45, 2.75) is 6.10 Å². The average molecular weight is 348 g/mol. The number of hydrogen-bond acceptors (Lipinski definition) is 5. The number of β-amino-alcohol motifs (C(OH)–C–C–N with tert-alkyl or cyclic N) is 1. The molecule has 2 aromatic heterocycles. The second-order valence-electron chi connectivity index (χ2n) is 6.47. The maximum Gasteiger partial charge on any atom is 0.272 e. The number of aromatic nitrogens is 2. The molecule has 1 N–H and O–H groups in total. The minimum atomic E-state index is -0.616. The Morgan fingerprint density at radius 2 is 1.81 bits per heavy atom. The van der Waals surface area contributed by atoms with Crippen LogP contribution < -0.4 is 4.90 Å². The zero-order chi connectivity index (χ0) is 17.9. The first-order valence-corrected chi connectivity index (χ1v) is 8.68. The van der Waals surface area contributed by atoms with E-state index in [2.05, 4.69) is 14.9 Å². The molecule has 4 rings (SSSR count). The van der Waals surface area contributed by atoms with Gasteiger partial charge >= 0.3 is 0 Å². The van der Waals surface area contributed by atoms with Crippen molar-refractivity contribution >= 4 is 22.4 Å². The zero-order valence-corrected chi connectivity index (χ0v) is 14.3. The summed E-state index contributed by atoms with van der Waals surface area (Å²) in [6, 6.07) is 13.5. The van der Waals surface area contributed by atoms with Gasteiger partial charge < -0.3 is 14.9 Å². The van der Waals surface area contributed by atoms with Crippen LogP contribution in [0.5, 0.6) is 0 Å². The molecule has 6 nitrogen and oxygen atoms in total. The summed E-state index contributed by atoms with van der Waals surface area (Å²) < 4.78 is 0. The maximum absolute atomic E-state index is 12.9. The van der Waals surface area contributed by atoms with Crippen LogP contribution in [0.15, 0.2) is 61.1 Å². The molecule has 1 atom stereocenters. The molecule has 0 bridgehead atoms. The van der Waals surface area contributed by atoms with Crippen LogP contribution in [0.1, 0.15) is 10.5 Å². The Morgan fingerprint density at radius 3 is 2.62 bits per heavy atom. The Bertz CT molecular complexity index is 916. The van der Waals surface area contributed by atoms with Crippen LogP contribution in [-0.4, -0.2) is 58.2 Å². The second kappa shape index (κ2) is 7.09. The van der Waals surface area contributed by atoms with Gasteiger partial charge in [0.25, 0.3) is 5.91 Å². The molecular formula is C20H20N4O2. The fourth-order valence-corrected chi connectivity index (χ4v) is 3.33. The topological polar surface area (TPSA) is 69.6 Å². The Morgan fingerprint density at radius 1 is 1.04 bits per heavy atom. The van der Waals surface area contributed by atoms with E-state index in [1.807, 2.05) is 42.5 Å². The highest BCUT2D eigenvalue weighted by Crippen LogP contribution is 2.18. The predicted molar refractivity (Wildman–Crippen MR) is 100 cm³/mol. The summed E-state index contributed by atoms with van der Waals surface area (Å²) in [7, 11) is 0. The van der Waals surface area contributed by atoms with E-state index < -0.39 is 6.10 Å². The summed E-state index contributed by atoms with van der Waals surface area (Å²) in [5, 5.41) is 12.4. The number of fused-ring (bicyclic) bond motifs is 1. The van der Waals surface area contributed by atoms with E-state index in [0.717, 1.165) is 16.5 Å². The number of rotatable bonds is 2. The number of nitrogens with zero attached hydrogens (tertiary/aromatic N) is 4. The van der Waals surface area contributed by atoms with Crippen molar-refractivity contribution in [2.75, 3.05) is 31.1 Å². The van der Waals surface area contributed by atoms with Crippen molar-refractivity contribution in [2.24, 2.45) is 0 Å². The van der Waals surface area contributed by atoms with Gasteiger partial charge in [-0.2, -0.15) is 0 Å². The van der Waals surface area contributed by atoms with Crippen molar-refractivity contribution < 1.29 is 9.90 Å². The maximum atomic E-state index is 12.9. The van der Waals surface area contributed by atoms with Gasteiger partial charge in [-0.3, -0.25) is 14.8 Å². The molecule has 1 saturated heterocycles. The van der Waals surface area contributed by atoms with Crippen LogP contribution in [0.2, 0.25) is 0 Å². The lowest BCUT2D eigenvalue weighted by Crippen LogP contribution is -2.38. The van der Waals surface area contributed by atoms with Crippen molar-refractivity contribution in [1.29, 1.82) is 0 Å². The third-order valence-corrected chi connectivity index (χ3v) is 4.67. The number of hydrogen-bond donors (Lipinski definition) is 1. The summed E-state index contributed by atoms with van der Waals surface area (Å²) in [6.07, 6.45) is 4.57. The van der Waals surface area contributed by atoms with E-state index in [4.69, 9.17) is 0 Å². The molecule has 0 unspecified atom stereocenters. The number of carbonyl (C=O) groups excluding carboxylic acids is 1. The van der Waals surface area contributed by atoms with E-state index >= 15 is 0 Å². The highest BCUT2D eigenvalue weighted by atomic mass is 16.3. The third-order valence-electron chi connectivity index (χ3n) is 4.67. The van der Waals surface area contributed by atoms with Crippen molar-refractivity contribution in [3.8, 4) is 0 Å². The molecule has 0 saturated carbocycles. The lowest BCUT2D eigenvalue weighted by atomic mass is 10.1. The van der Waals surface area contributed by atoms with Crippen LogP contribution in [0.4, 0.5) is 5.69 Å². The van der Waals surface area contributed by atoms with Crippen LogP contribution in [-0.2, 0) is 0 Å². The third kappa shape index (κ3) is 3.36. The molecule has 132 valence electrons. The van der Waals surface area contributed by atoms with Gasteiger partial charge in [0.1, 0.15) is 5.69 Å². The molecule has 0 radical (unpaired) electrons. The second-order valence-corrected chi connectivity index (χ2v) is 6.47. The Labute approximate surface area is 151 Å². The fraction of sp³-hybridized carbons (Fsp3) is 0.250. The molecular weight excluding hydrogens is 328 g/mol. The fourth-order valence-electron chi connectivity index (χ4n) is 3.33. The Kier molecular flexibility index (Phi) is 4.50. The Balaban J connectivity index is 1.54. The summed E-state index contributed by atoms with van der Waals surface area (Å²) in [5.74, 6) is -0.147. The van der Waals surface area contributed by atoms with Crippen LogP contribution >= 0.6 is 0 Å². The number of carbonyl (C=O) groups is 1. The predicted octanol–water partition coefficient (Wildman–Crippen LogP) is 1.95. The van der Waals surface area contributed by atoms with Crippen LogP contribution in [0.25, 0.3) is 10.8 Å². The smallest absolute Gasteiger partial charge is 0.272 e. The number of benzene rings is 1. The monoisotopic (exact) mass is 348 g/mol. The van der Waals surface area contributed by atoms with E-state index in [1.165, 1.54) is 0 Å². The van der Waals surface area contributed by atoms with E-state index in [1.54, 1.807) is 23.5 Å². The number of anilines is 1. The quantitative estimate of drug-likeness (QED) is 0.767. The van der Waals surface area contributed by atoms with Crippen LogP contribution in [0, 0.1) is 0 Å². The van der Waals surface area contributed by atoms with Crippen molar-refractivity contribution in [3.05, 3.63) is 66.7 Å².